The predicted molar refractivity (Wildman–Crippen MR) is 144 cm³/mol. The Kier molecular flexibility index (Phi) is 7.34. The Morgan fingerprint density at radius 2 is 1.52 bits per heavy atom. The van der Waals surface area contributed by atoms with Crippen molar-refractivity contribution in [2.24, 2.45) is 4.99 Å². The summed E-state index contributed by atoms with van der Waals surface area (Å²) in [7, 11) is 0. The van der Waals surface area contributed by atoms with E-state index in [0.717, 1.165) is 23.8 Å². The van der Waals surface area contributed by atoms with Crippen molar-refractivity contribution in [3.8, 4) is 5.75 Å². The minimum absolute atomic E-state index is 0.0567. The van der Waals surface area contributed by atoms with E-state index >= 15 is 0 Å². The van der Waals surface area contributed by atoms with Gasteiger partial charge in [0.25, 0.3) is 5.91 Å². The molecule has 3 aromatic carbocycles. The molecular formula is C24H18I2N2O2S. The Morgan fingerprint density at radius 3 is 2.13 bits per heavy atom. The molecule has 1 aliphatic rings. The first-order valence-corrected chi connectivity index (χ1v) is 12.5. The number of hydrogen-bond acceptors (Lipinski definition) is 4. The van der Waals surface area contributed by atoms with Crippen molar-refractivity contribution in [1.82, 2.24) is 4.90 Å². The number of carbonyl (C=O) groups is 1. The van der Waals surface area contributed by atoms with E-state index in [4.69, 9.17) is 4.99 Å². The van der Waals surface area contributed by atoms with E-state index in [9.17, 15) is 9.90 Å². The van der Waals surface area contributed by atoms with Gasteiger partial charge < -0.3 is 5.11 Å². The largest absolute Gasteiger partial charge is 0.506 e. The van der Waals surface area contributed by atoms with Crippen LogP contribution in [-0.2, 0) is 17.9 Å². The number of phenolic OH excluding ortho intramolecular Hbond substituents is 1. The van der Waals surface area contributed by atoms with E-state index < -0.39 is 0 Å². The van der Waals surface area contributed by atoms with Crippen LogP contribution in [0, 0.1) is 7.14 Å². The van der Waals surface area contributed by atoms with Gasteiger partial charge in [-0.2, -0.15) is 0 Å². The van der Waals surface area contributed by atoms with Crippen LogP contribution < -0.4 is 0 Å². The van der Waals surface area contributed by atoms with Crippen LogP contribution in [0.5, 0.6) is 5.75 Å². The van der Waals surface area contributed by atoms with Gasteiger partial charge in [0, 0.05) is 0 Å². The van der Waals surface area contributed by atoms with Crippen LogP contribution in [0.4, 0.5) is 0 Å². The molecule has 156 valence electrons. The lowest BCUT2D eigenvalue weighted by molar-refractivity contribution is -0.122. The van der Waals surface area contributed by atoms with Gasteiger partial charge in [0.1, 0.15) is 5.75 Å². The second-order valence-corrected chi connectivity index (χ2v) is 10.2. The average molecular weight is 652 g/mol. The molecule has 1 N–H and O–H groups in total. The number of benzene rings is 3. The number of rotatable bonds is 5. The lowest BCUT2D eigenvalue weighted by Gasteiger charge is -2.15. The molecule has 0 aromatic heterocycles. The number of halogens is 2. The summed E-state index contributed by atoms with van der Waals surface area (Å²) in [6.07, 6.45) is 1.87. The minimum Gasteiger partial charge on any atom is -0.506 e. The number of amides is 1. The predicted octanol–water partition coefficient (Wildman–Crippen LogP) is 6.27. The highest BCUT2D eigenvalue weighted by molar-refractivity contribution is 14.1. The van der Waals surface area contributed by atoms with Crippen LogP contribution in [0.3, 0.4) is 0 Å². The maximum Gasteiger partial charge on any atom is 0.267 e. The minimum atomic E-state index is -0.0567. The molecule has 0 spiro atoms. The Hall–Kier alpha value is -1.85. The van der Waals surface area contributed by atoms with Crippen LogP contribution in [0.1, 0.15) is 16.7 Å². The number of nitrogens with zero attached hydrogens (tertiary/aromatic N) is 2. The van der Waals surface area contributed by atoms with Crippen molar-refractivity contribution in [3.05, 3.63) is 102 Å². The molecule has 7 heteroatoms. The molecule has 0 atom stereocenters. The van der Waals surface area contributed by atoms with E-state index in [1.54, 1.807) is 4.90 Å². The third-order valence-electron chi connectivity index (χ3n) is 4.65. The van der Waals surface area contributed by atoms with Gasteiger partial charge >= 0.3 is 0 Å². The first-order valence-electron chi connectivity index (χ1n) is 9.53. The number of thioether (sulfide) groups is 1. The monoisotopic (exact) mass is 652 g/mol. The third kappa shape index (κ3) is 5.50. The fourth-order valence-corrected chi connectivity index (χ4v) is 5.89. The molecule has 31 heavy (non-hydrogen) atoms. The fraction of sp³-hybridized carbons (Fsp3) is 0.0833. The van der Waals surface area contributed by atoms with Crippen molar-refractivity contribution < 1.29 is 9.90 Å². The lowest BCUT2D eigenvalue weighted by atomic mass is 10.2. The van der Waals surface area contributed by atoms with Crippen molar-refractivity contribution >= 4 is 74.1 Å². The fourth-order valence-electron chi connectivity index (χ4n) is 3.09. The zero-order chi connectivity index (χ0) is 21.8. The lowest BCUT2D eigenvalue weighted by Crippen LogP contribution is -2.28. The first kappa shape index (κ1) is 22.3. The zero-order valence-electron chi connectivity index (χ0n) is 16.3. The SMILES string of the molecule is O=C1C(=Cc2cc(I)c(O)c(I)c2)SC(=NCc2ccccc2)N1Cc1ccccc1. The van der Waals surface area contributed by atoms with Crippen LogP contribution in [-0.4, -0.2) is 21.1 Å². The number of hydrogen-bond donors (Lipinski definition) is 1. The second kappa shape index (κ2) is 10.2. The summed E-state index contributed by atoms with van der Waals surface area (Å²) in [5, 5.41) is 10.7. The van der Waals surface area contributed by atoms with Gasteiger partial charge in [0.15, 0.2) is 5.17 Å². The van der Waals surface area contributed by atoms with Gasteiger partial charge in [-0.05, 0) is 91.8 Å². The van der Waals surface area contributed by atoms with Crippen LogP contribution in [0.15, 0.2) is 82.7 Å². The number of aliphatic imine (C=N–C) groups is 1. The van der Waals surface area contributed by atoms with Gasteiger partial charge in [-0.15, -0.1) is 0 Å². The maximum absolute atomic E-state index is 13.3. The highest BCUT2D eigenvalue weighted by Gasteiger charge is 2.33. The Morgan fingerprint density at radius 1 is 0.935 bits per heavy atom. The van der Waals surface area contributed by atoms with E-state index in [-0.39, 0.29) is 11.7 Å². The maximum atomic E-state index is 13.3. The van der Waals surface area contributed by atoms with Crippen LogP contribution in [0.2, 0.25) is 0 Å². The average Bonchev–Trinajstić information content (AvgIpc) is 3.06. The Labute approximate surface area is 212 Å². The molecule has 0 radical (unpaired) electrons. The summed E-state index contributed by atoms with van der Waals surface area (Å²) in [6.45, 7) is 0.992. The Balaban J connectivity index is 1.66. The number of carbonyl (C=O) groups excluding carboxylic acids is 1. The Bertz CT molecular complexity index is 1140. The van der Waals surface area contributed by atoms with E-state index in [0.29, 0.717) is 23.2 Å². The first-order chi connectivity index (χ1) is 15.0. The molecular weight excluding hydrogens is 634 g/mol. The summed E-state index contributed by atoms with van der Waals surface area (Å²) in [5.74, 6) is 0.211. The quantitative estimate of drug-likeness (QED) is 0.261. The van der Waals surface area contributed by atoms with Gasteiger partial charge in [-0.3, -0.25) is 14.7 Å². The number of aromatic hydroxyl groups is 1. The molecule has 0 saturated carbocycles. The van der Waals surface area contributed by atoms with Crippen LogP contribution in [0.25, 0.3) is 6.08 Å². The van der Waals surface area contributed by atoms with Gasteiger partial charge in [0.05, 0.1) is 25.1 Å². The van der Waals surface area contributed by atoms with E-state index in [2.05, 4.69) is 45.2 Å². The third-order valence-corrected chi connectivity index (χ3v) is 7.34. The summed E-state index contributed by atoms with van der Waals surface area (Å²) in [4.78, 5) is 20.4. The molecule has 1 aliphatic heterocycles. The highest BCUT2D eigenvalue weighted by Crippen LogP contribution is 2.35. The van der Waals surface area contributed by atoms with Gasteiger partial charge in [-0.25, -0.2) is 0 Å². The summed E-state index contributed by atoms with van der Waals surface area (Å²) in [6, 6.07) is 23.7. The number of phenols is 1. The summed E-state index contributed by atoms with van der Waals surface area (Å²) >= 11 is 5.60. The molecule has 0 aliphatic carbocycles. The smallest absolute Gasteiger partial charge is 0.267 e. The van der Waals surface area contributed by atoms with Gasteiger partial charge in [0.2, 0.25) is 0 Å². The van der Waals surface area contributed by atoms with Crippen molar-refractivity contribution in [3.63, 3.8) is 0 Å². The van der Waals surface area contributed by atoms with E-state index in [1.165, 1.54) is 11.8 Å². The highest BCUT2D eigenvalue weighted by atomic mass is 127. The molecule has 0 bridgehead atoms. The van der Waals surface area contributed by atoms with E-state index in [1.807, 2.05) is 78.9 Å². The van der Waals surface area contributed by atoms with Crippen molar-refractivity contribution in [2.75, 3.05) is 0 Å². The van der Waals surface area contributed by atoms with Crippen LogP contribution >= 0.6 is 56.9 Å². The number of amidine groups is 1. The molecule has 1 saturated heterocycles. The molecule has 4 nitrogen and oxygen atoms in total. The summed E-state index contributed by atoms with van der Waals surface area (Å²) in [5.41, 5.74) is 3.04. The molecule has 1 fully saturated rings. The topological polar surface area (TPSA) is 52.9 Å². The normalized spacial score (nSPS) is 16.5. The standard InChI is InChI=1S/C24H18I2N2O2S/c25-19-11-18(12-20(26)22(19)29)13-21-23(30)28(15-17-9-5-2-6-10-17)24(31-21)27-14-16-7-3-1-4-8-16/h1-13,29H,14-15H2. The second-order valence-electron chi connectivity index (χ2n) is 6.91. The zero-order valence-corrected chi connectivity index (χ0v) is 21.5. The van der Waals surface area contributed by atoms with Gasteiger partial charge in [-0.1, -0.05) is 60.7 Å². The molecule has 0 unspecified atom stereocenters. The molecule has 4 rings (SSSR count). The molecule has 1 amide bonds. The molecule has 1 heterocycles. The van der Waals surface area contributed by atoms with Crippen molar-refractivity contribution in [2.45, 2.75) is 13.1 Å². The van der Waals surface area contributed by atoms with Crippen molar-refractivity contribution in [1.29, 1.82) is 0 Å². The molecule has 3 aromatic rings. The summed E-state index contributed by atoms with van der Waals surface area (Å²) < 4.78 is 1.51.